The van der Waals surface area contributed by atoms with E-state index in [9.17, 15) is 14.4 Å². The van der Waals surface area contributed by atoms with Gasteiger partial charge in [0.1, 0.15) is 12.1 Å². The summed E-state index contributed by atoms with van der Waals surface area (Å²) in [4.78, 5) is 44.3. The summed E-state index contributed by atoms with van der Waals surface area (Å²) in [5.41, 5.74) is 0.441. The number of benzene rings is 1. The first kappa shape index (κ1) is 13.3. The van der Waals surface area contributed by atoms with E-state index in [2.05, 4.69) is 15.2 Å². The minimum atomic E-state index is -0.731. The number of carbonyl (C=O) groups excluding carboxylic acids is 3. The van der Waals surface area contributed by atoms with E-state index in [0.29, 0.717) is 10.2 Å². The molecule has 0 fully saturated rings. The van der Waals surface area contributed by atoms with E-state index in [1.165, 1.54) is 18.5 Å². The van der Waals surface area contributed by atoms with E-state index in [1.807, 2.05) is 0 Å². The summed E-state index contributed by atoms with van der Waals surface area (Å²) >= 11 is 1.05. The van der Waals surface area contributed by atoms with Crippen molar-refractivity contribution in [3.8, 4) is 0 Å². The van der Waals surface area contributed by atoms with Crippen molar-refractivity contribution >= 4 is 29.5 Å². The van der Waals surface area contributed by atoms with Crippen LogP contribution in [0.2, 0.25) is 0 Å². The lowest BCUT2D eigenvalue weighted by Gasteiger charge is -2.11. The fraction of sp³-hybridized carbons (Fsp3) is 0.0833. The number of hydrogen-bond acceptors (Lipinski definition) is 7. The van der Waals surface area contributed by atoms with Crippen LogP contribution in [0, 0.1) is 0 Å². The first-order valence-electron chi connectivity index (χ1n) is 5.83. The summed E-state index contributed by atoms with van der Waals surface area (Å²) < 4.78 is 0. The number of hydrogen-bond donors (Lipinski definition) is 1. The van der Waals surface area contributed by atoms with E-state index in [1.54, 1.807) is 12.1 Å². The number of aromatic nitrogens is 3. The Morgan fingerprint density at radius 3 is 2.48 bits per heavy atom. The highest BCUT2D eigenvalue weighted by molar-refractivity contribution is 7.99. The Morgan fingerprint density at radius 1 is 1.24 bits per heavy atom. The molecular weight excluding hydrogens is 296 g/mol. The van der Waals surface area contributed by atoms with Crippen molar-refractivity contribution in [1.82, 2.24) is 20.2 Å². The van der Waals surface area contributed by atoms with Crippen LogP contribution in [0.4, 0.5) is 0 Å². The third-order valence-corrected chi connectivity index (χ3v) is 3.52. The molecule has 1 aliphatic heterocycles. The van der Waals surface area contributed by atoms with Crippen molar-refractivity contribution in [1.29, 1.82) is 0 Å². The number of fused-ring (bicyclic) bond motifs is 1. The molecule has 106 valence electrons. The van der Waals surface area contributed by atoms with Gasteiger partial charge in [0.25, 0.3) is 11.8 Å². The minimum absolute atomic E-state index is 0.109. The van der Waals surface area contributed by atoms with Gasteiger partial charge < -0.3 is 4.84 Å². The normalized spacial score (nSPS) is 13.4. The van der Waals surface area contributed by atoms with Gasteiger partial charge in [-0.3, -0.25) is 14.7 Å². The molecule has 21 heavy (non-hydrogen) atoms. The molecule has 1 aliphatic rings. The van der Waals surface area contributed by atoms with Crippen molar-refractivity contribution in [3.05, 3.63) is 41.7 Å². The van der Waals surface area contributed by atoms with Gasteiger partial charge >= 0.3 is 5.97 Å². The lowest BCUT2D eigenvalue weighted by Crippen LogP contribution is -2.33. The SMILES string of the molecule is O=C(CSc1ncn[nH]1)ON1C(=O)c2ccccc2C1=O. The largest absolute Gasteiger partial charge is 0.343 e. The average molecular weight is 304 g/mol. The standard InChI is InChI=1S/C12H8N4O4S/c17-9(5-21-12-13-6-14-15-12)20-16-10(18)7-3-1-2-4-8(7)11(16)19/h1-4,6H,5H2,(H,13,14,15). The fourth-order valence-electron chi connectivity index (χ4n) is 1.77. The highest BCUT2D eigenvalue weighted by atomic mass is 32.2. The number of imide groups is 1. The monoisotopic (exact) mass is 304 g/mol. The second-order valence-electron chi connectivity index (χ2n) is 3.99. The Morgan fingerprint density at radius 2 is 1.90 bits per heavy atom. The molecule has 0 saturated heterocycles. The van der Waals surface area contributed by atoms with Crippen molar-refractivity contribution in [2.75, 3.05) is 5.75 Å². The van der Waals surface area contributed by atoms with Gasteiger partial charge in [-0.05, 0) is 12.1 Å². The second kappa shape index (κ2) is 5.37. The third-order valence-electron chi connectivity index (χ3n) is 2.67. The van der Waals surface area contributed by atoms with Crippen LogP contribution < -0.4 is 0 Å². The fourth-order valence-corrected chi connectivity index (χ4v) is 2.32. The van der Waals surface area contributed by atoms with Gasteiger partial charge in [0.2, 0.25) is 0 Å². The number of carbonyl (C=O) groups is 3. The zero-order valence-corrected chi connectivity index (χ0v) is 11.3. The van der Waals surface area contributed by atoms with E-state index in [0.717, 1.165) is 11.8 Å². The van der Waals surface area contributed by atoms with Crippen molar-refractivity contribution in [3.63, 3.8) is 0 Å². The van der Waals surface area contributed by atoms with Crippen LogP contribution in [0.5, 0.6) is 0 Å². The Kier molecular flexibility index (Phi) is 3.40. The van der Waals surface area contributed by atoms with Crippen molar-refractivity contribution in [2.45, 2.75) is 5.16 Å². The van der Waals surface area contributed by atoms with Crippen LogP contribution in [-0.2, 0) is 9.63 Å². The molecule has 0 atom stereocenters. The van der Waals surface area contributed by atoms with Gasteiger partial charge in [-0.15, -0.1) is 0 Å². The summed E-state index contributed by atoms with van der Waals surface area (Å²) in [6, 6.07) is 6.28. The Bertz CT molecular complexity index is 681. The van der Waals surface area contributed by atoms with Crippen LogP contribution in [0.1, 0.15) is 20.7 Å². The number of nitrogens with one attached hydrogen (secondary N) is 1. The maximum absolute atomic E-state index is 12.0. The first-order valence-corrected chi connectivity index (χ1v) is 6.82. The second-order valence-corrected chi connectivity index (χ2v) is 4.96. The van der Waals surface area contributed by atoms with Crippen LogP contribution in [0.3, 0.4) is 0 Å². The number of thioether (sulfide) groups is 1. The number of aromatic amines is 1. The molecule has 1 aromatic carbocycles. The number of H-pyrrole nitrogens is 1. The average Bonchev–Trinajstić information content (AvgIpc) is 3.09. The third kappa shape index (κ3) is 2.50. The minimum Gasteiger partial charge on any atom is -0.329 e. The van der Waals surface area contributed by atoms with E-state index < -0.39 is 17.8 Å². The smallest absolute Gasteiger partial charge is 0.329 e. The Hall–Kier alpha value is -2.68. The summed E-state index contributed by atoms with van der Waals surface area (Å²) in [6.45, 7) is 0. The molecule has 0 aliphatic carbocycles. The predicted octanol–water partition coefficient (Wildman–Crippen LogP) is 0.651. The van der Waals surface area contributed by atoms with Gasteiger partial charge in [0, 0.05) is 0 Å². The molecule has 8 nitrogen and oxygen atoms in total. The molecule has 0 bridgehead atoms. The van der Waals surface area contributed by atoms with Crippen LogP contribution in [-0.4, -0.2) is 43.8 Å². The Labute approximate surface area is 122 Å². The zero-order valence-electron chi connectivity index (χ0n) is 10.5. The number of rotatable bonds is 4. The Balaban J connectivity index is 1.65. The first-order chi connectivity index (χ1) is 10.2. The molecule has 0 radical (unpaired) electrons. The maximum Gasteiger partial charge on any atom is 0.343 e. The molecule has 9 heteroatoms. The predicted molar refractivity (Wildman–Crippen MR) is 70.1 cm³/mol. The molecule has 0 unspecified atom stereocenters. The van der Waals surface area contributed by atoms with Gasteiger partial charge in [-0.25, -0.2) is 9.78 Å². The van der Waals surface area contributed by atoms with Gasteiger partial charge in [-0.1, -0.05) is 29.0 Å². The van der Waals surface area contributed by atoms with Crippen LogP contribution >= 0.6 is 11.8 Å². The van der Waals surface area contributed by atoms with Gasteiger partial charge in [-0.2, -0.15) is 5.10 Å². The molecule has 0 saturated carbocycles. The summed E-state index contributed by atoms with van der Waals surface area (Å²) in [6.07, 6.45) is 1.30. The van der Waals surface area contributed by atoms with Crippen LogP contribution in [0.25, 0.3) is 0 Å². The molecule has 0 spiro atoms. The van der Waals surface area contributed by atoms with E-state index in [-0.39, 0.29) is 16.9 Å². The maximum atomic E-state index is 12.0. The quantitative estimate of drug-likeness (QED) is 0.653. The molecular formula is C12H8N4O4S. The van der Waals surface area contributed by atoms with Gasteiger partial charge in [0.15, 0.2) is 5.16 Å². The van der Waals surface area contributed by atoms with Crippen molar-refractivity contribution in [2.24, 2.45) is 0 Å². The highest BCUT2D eigenvalue weighted by Crippen LogP contribution is 2.23. The van der Waals surface area contributed by atoms with Crippen molar-refractivity contribution < 1.29 is 19.2 Å². The van der Waals surface area contributed by atoms with E-state index in [4.69, 9.17) is 4.84 Å². The molecule has 2 aromatic rings. The van der Waals surface area contributed by atoms with Crippen LogP contribution in [0.15, 0.2) is 35.7 Å². The lowest BCUT2D eigenvalue weighted by molar-refractivity contribution is -0.165. The van der Waals surface area contributed by atoms with Gasteiger partial charge in [0.05, 0.1) is 11.1 Å². The topological polar surface area (TPSA) is 105 Å². The number of amides is 2. The number of nitrogens with zero attached hydrogens (tertiary/aromatic N) is 3. The summed E-state index contributed by atoms with van der Waals surface area (Å²) in [7, 11) is 0. The lowest BCUT2D eigenvalue weighted by atomic mass is 10.1. The molecule has 3 rings (SSSR count). The molecule has 2 amide bonds. The summed E-state index contributed by atoms with van der Waals surface area (Å²) in [5, 5.41) is 7.11. The molecule has 2 heterocycles. The zero-order chi connectivity index (χ0) is 14.8. The summed E-state index contributed by atoms with van der Waals surface area (Å²) in [5.74, 6) is -2.13. The highest BCUT2D eigenvalue weighted by Gasteiger charge is 2.38. The number of hydroxylamine groups is 2. The van der Waals surface area contributed by atoms with E-state index >= 15 is 0 Å². The molecule has 1 aromatic heterocycles. The molecule has 1 N–H and O–H groups in total.